The number of anilines is 1. The van der Waals surface area contributed by atoms with E-state index in [1.807, 2.05) is 12.1 Å². The Labute approximate surface area is 78.1 Å². The Morgan fingerprint density at radius 2 is 2.23 bits per heavy atom. The van der Waals surface area contributed by atoms with Crippen LogP contribution in [0.25, 0.3) is 0 Å². The first-order chi connectivity index (χ1) is 6.45. The summed E-state index contributed by atoms with van der Waals surface area (Å²) in [6.45, 7) is 0. The molecule has 1 saturated carbocycles. The van der Waals surface area contributed by atoms with Crippen molar-refractivity contribution in [3.8, 4) is 0 Å². The van der Waals surface area contributed by atoms with Crippen LogP contribution in [0, 0.1) is 0 Å². The summed E-state index contributed by atoms with van der Waals surface area (Å²) in [7, 11) is 0. The summed E-state index contributed by atoms with van der Waals surface area (Å²) in [5, 5.41) is 0. The average molecular weight is 178 g/mol. The van der Waals surface area contributed by atoms with Crippen LogP contribution in [-0.4, -0.2) is 11.1 Å². The molecule has 3 nitrogen and oxygen atoms in total. The van der Waals surface area contributed by atoms with Gasteiger partial charge < -0.3 is 0 Å². The van der Waals surface area contributed by atoms with E-state index in [-0.39, 0.29) is 0 Å². The van der Waals surface area contributed by atoms with E-state index in [2.05, 4.69) is 10.5 Å². The van der Waals surface area contributed by atoms with E-state index >= 15 is 0 Å². The van der Waals surface area contributed by atoms with Crippen molar-refractivity contribution in [1.29, 1.82) is 0 Å². The van der Waals surface area contributed by atoms with Crippen LogP contribution in [0.5, 0.6) is 0 Å². The van der Waals surface area contributed by atoms with Crippen molar-refractivity contribution in [2.45, 2.75) is 31.8 Å². The largest absolute Gasteiger partial charge is 0.273 e. The van der Waals surface area contributed by atoms with Gasteiger partial charge in [-0.05, 0) is 25.0 Å². The molecule has 1 aromatic heterocycles. The third-order valence-electron chi connectivity index (χ3n) is 2.31. The summed E-state index contributed by atoms with van der Waals surface area (Å²) in [4.78, 5) is 9.49. The minimum absolute atomic E-state index is 0.389. The lowest BCUT2D eigenvalue weighted by Crippen LogP contribution is -2.12. The second-order valence-electron chi connectivity index (χ2n) is 3.37. The number of hydrogen-bond acceptors (Lipinski definition) is 3. The monoisotopic (exact) mass is 178 g/mol. The van der Waals surface area contributed by atoms with E-state index < -0.39 is 0 Å². The highest BCUT2D eigenvalue weighted by Gasteiger charge is 2.15. The number of nitrogens with one attached hydrogen (secondary N) is 1. The fourth-order valence-corrected chi connectivity index (χ4v) is 1.58. The third-order valence-corrected chi connectivity index (χ3v) is 2.31. The van der Waals surface area contributed by atoms with Crippen molar-refractivity contribution in [2.75, 3.05) is 5.48 Å². The van der Waals surface area contributed by atoms with E-state index in [9.17, 15) is 0 Å². The Morgan fingerprint density at radius 1 is 1.38 bits per heavy atom. The highest BCUT2D eigenvalue weighted by atomic mass is 16.7. The van der Waals surface area contributed by atoms with Gasteiger partial charge >= 0.3 is 0 Å². The molecule has 13 heavy (non-hydrogen) atoms. The van der Waals surface area contributed by atoms with Gasteiger partial charge in [-0.25, -0.2) is 0 Å². The molecular weight excluding hydrogens is 164 g/mol. The Hall–Kier alpha value is -1.09. The zero-order valence-electron chi connectivity index (χ0n) is 7.57. The molecule has 0 bridgehead atoms. The van der Waals surface area contributed by atoms with E-state index in [1.165, 1.54) is 25.7 Å². The molecule has 1 aliphatic carbocycles. The molecule has 1 aromatic rings. The molecule has 1 N–H and O–H groups in total. The molecule has 0 aromatic carbocycles. The van der Waals surface area contributed by atoms with Gasteiger partial charge in [-0.15, -0.1) is 0 Å². The van der Waals surface area contributed by atoms with E-state index in [0.717, 1.165) is 5.69 Å². The normalized spacial score (nSPS) is 17.5. The summed E-state index contributed by atoms with van der Waals surface area (Å²) in [6.07, 6.45) is 8.83. The molecule has 0 atom stereocenters. The van der Waals surface area contributed by atoms with Gasteiger partial charge in [-0.2, -0.15) is 0 Å². The minimum atomic E-state index is 0.389. The van der Waals surface area contributed by atoms with E-state index in [4.69, 9.17) is 4.84 Å². The molecule has 0 unspecified atom stereocenters. The van der Waals surface area contributed by atoms with Crippen LogP contribution < -0.4 is 5.48 Å². The van der Waals surface area contributed by atoms with Crippen molar-refractivity contribution in [3.05, 3.63) is 24.5 Å². The zero-order valence-corrected chi connectivity index (χ0v) is 7.57. The minimum Gasteiger partial charge on any atom is -0.273 e. The maximum Gasteiger partial charge on any atom is 0.0854 e. The number of pyridine rings is 1. The lowest BCUT2D eigenvalue weighted by atomic mass is 10.3. The Kier molecular flexibility index (Phi) is 2.77. The van der Waals surface area contributed by atoms with Crippen molar-refractivity contribution in [2.24, 2.45) is 0 Å². The second kappa shape index (κ2) is 4.23. The molecule has 1 fully saturated rings. The maximum atomic E-state index is 5.50. The van der Waals surface area contributed by atoms with Crippen LogP contribution in [0.15, 0.2) is 24.5 Å². The van der Waals surface area contributed by atoms with Crippen LogP contribution >= 0.6 is 0 Å². The quantitative estimate of drug-likeness (QED) is 0.721. The fourth-order valence-electron chi connectivity index (χ4n) is 1.58. The molecule has 3 heteroatoms. The fraction of sp³-hybridized carbons (Fsp3) is 0.500. The Bertz CT molecular complexity index is 244. The van der Waals surface area contributed by atoms with Crippen LogP contribution in [0.4, 0.5) is 5.69 Å². The third kappa shape index (κ3) is 2.42. The smallest absolute Gasteiger partial charge is 0.0854 e. The van der Waals surface area contributed by atoms with Gasteiger partial charge in [0.15, 0.2) is 0 Å². The molecule has 0 saturated heterocycles. The maximum absolute atomic E-state index is 5.50. The predicted octanol–water partition coefficient (Wildman–Crippen LogP) is 2.37. The second-order valence-corrected chi connectivity index (χ2v) is 3.37. The molecule has 0 radical (unpaired) electrons. The van der Waals surface area contributed by atoms with Crippen molar-refractivity contribution in [3.63, 3.8) is 0 Å². The lowest BCUT2D eigenvalue weighted by molar-refractivity contribution is 0.106. The number of nitrogens with zero attached hydrogens (tertiary/aromatic N) is 1. The van der Waals surface area contributed by atoms with Gasteiger partial charge in [-0.3, -0.25) is 15.3 Å². The lowest BCUT2D eigenvalue weighted by Gasteiger charge is -2.11. The Balaban J connectivity index is 1.79. The Morgan fingerprint density at radius 3 is 2.92 bits per heavy atom. The molecule has 0 aliphatic heterocycles. The van der Waals surface area contributed by atoms with Gasteiger partial charge in [0.05, 0.1) is 18.0 Å². The molecule has 70 valence electrons. The van der Waals surface area contributed by atoms with Crippen LogP contribution in [0.3, 0.4) is 0 Å². The van der Waals surface area contributed by atoms with Crippen molar-refractivity contribution < 1.29 is 4.84 Å². The first-order valence-corrected chi connectivity index (χ1v) is 4.77. The summed E-state index contributed by atoms with van der Waals surface area (Å²) < 4.78 is 0. The van der Waals surface area contributed by atoms with Gasteiger partial charge in [0.25, 0.3) is 0 Å². The standard InChI is InChI=1S/C10H14N2O/c1-2-6-10(5-1)13-12-9-4-3-7-11-8-9/h3-4,7-8,10,12H,1-2,5-6H2. The molecule has 0 amide bonds. The van der Waals surface area contributed by atoms with E-state index in [0.29, 0.717) is 6.10 Å². The van der Waals surface area contributed by atoms with Crippen molar-refractivity contribution in [1.82, 2.24) is 4.98 Å². The van der Waals surface area contributed by atoms with Gasteiger partial charge in [0.1, 0.15) is 0 Å². The first-order valence-electron chi connectivity index (χ1n) is 4.77. The highest BCUT2D eigenvalue weighted by Crippen LogP contribution is 2.21. The van der Waals surface area contributed by atoms with Gasteiger partial charge in [0, 0.05) is 6.20 Å². The van der Waals surface area contributed by atoms with Crippen LogP contribution in [0.1, 0.15) is 25.7 Å². The molecule has 1 aliphatic rings. The molecular formula is C10H14N2O. The van der Waals surface area contributed by atoms with Crippen LogP contribution in [-0.2, 0) is 4.84 Å². The van der Waals surface area contributed by atoms with E-state index in [1.54, 1.807) is 12.4 Å². The van der Waals surface area contributed by atoms with Crippen molar-refractivity contribution >= 4 is 5.69 Å². The summed E-state index contributed by atoms with van der Waals surface area (Å²) in [5.74, 6) is 0. The molecule has 1 heterocycles. The topological polar surface area (TPSA) is 34.2 Å². The summed E-state index contributed by atoms with van der Waals surface area (Å²) in [6, 6.07) is 3.84. The summed E-state index contributed by atoms with van der Waals surface area (Å²) in [5.41, 5.74) is 3.85. The van der Waals surface area contributed by atoms with Crippen LogP contribution in [0.2, 0.25) is 0 Å². The predicted molar refractivity (Wildman–Crippen MR) is 51.2 cm³/mol. The van der Waals surface area contributed by atoms with Gasteiger partial charge in [0.2, 0.25) is 0 Å². The molecule has 2 rings (SSSR count). The van der Waals surface area contributed by atoms with Gasteiger partial charge in [-0.1, -0.05) is 12.8 Å². The molecule has 0 spiro atoms. The highest BCUT2D eigenvalue weighted by molar-refractivity contribution is 5.36. The average Bonchev–Trinajstić information content (AvgIpc) is 2.69. The number of hydrogen-bond donors (Lipinski definition) is 1. The SMILES string of the molecule is c1cncc(NOC2CCCC2)c1. The first kappa shape index (κ1) is 8.51. The number of rotatable bonds is 3. The number of aromatic nitrogens is 1. The zero-order chi connectivity index (χ0) is 8.93. The summed E-state index contributed by atoms with van der Waals surface area (Å²) >= 11 is 0.